The van der Waals surface area contributed by atoms with Crippen molar-refractivity contribution in [2.24, 2.45) is 10.4 Å². The molecule has 0 radical (unpaired) electrons. The molecule has 2 rings (SSSR count). The number of nitrogens with one attached hydrogen (secondary N) is 1. The number of benzene rings is 1. The largest absolute Gasteiger partial charge is 0.352 e. The average molecular weight is 345 g/mol. The minimum absolute atomic E-state index is 0.0969. The van der Waals surface area contributed by atoms with E-state index in [2.05, 4.69) is 29.1 Å². The fraction of sp³-hybridized carbons (Fsp3) is 0.600. The lowest BCUT2D eigenvalue weighted by Crippen LogP contribution is -2.40. The molecule has 138 valence electrons. The van der Waals surface area contributed by atoms with Gasteiger partial charge in [-0.3, -0.25) is 9.79 Å². The summed E-state index contributed by atoms with van der Waals surface area (Å²) in [7, 11) is 1.83. The van der Waals surface area contributed by atoms with Gasteiger partial charge in [-0.2, -0.15) is 0 Å². The van der Waals surface area contributed by atoms with Crippen LogP contribution in [0, 0.1) is 5.41 Å². The predicted molar refractivity (Wildman–Crippen MR) is 104 cm³/mol. The highest BCUT2D eigenvalue weighted by Gasteiger charge is 2.30. The van der Waals surface area contributed by atoms with Crippen molar-refractivity contribution in [2.75, 3.05) is 33.2 Å². The van der Waals surface area contributed by atoms with E-state index in [9.17, 15) is 4.79 Å². The Morgan fingerprint density at radius 3 is 2.36 bits per heavy atom. The molecule has 0 spiro atoms. The number of guanidine groups is 1. The van der Waals surface area contributed by atoms with Gasteiger partial charge >= 0.3 is 0 Å². The molecule has 0 unspecified atom stereocenters. The Morgan fingerprint density at radius 1 is 1.24 bits per heavy atom. The Morgan fingerprint density at radius 2 is 1.88 bits per heavy atom. The van der Waals surface area contributed by atoms with Gasteiger partial charge in [0.15, 0.2) is 5.96 Å². The number of rotatable bonds is 5. The van der Waals surface area contributed by atoms with Crippen LogP contribution >= 0.6 is 0 Å². The van der Waals surface area contributed by atoms with Gasteiger partial charge in [0.2, 0.25) is 0 Å². The molecule has 1 N–H and O–H groups in total. The zero-order valence-corrected chi connectivity index (χ0v) is 16.3. The van der Waals surface area contributed by atoms with Gasteiger partial charge in [0.1, 0.15) is 0 Å². The monoisotopic (exact) mass is 344 g/mol. The molecule has 1 aliphatic rings. The summed E-state index contributed by atoms with van der Waals surface area (Å²) in [5.41, 5.74) is 2.25. The number of likely N-dealkylation sites (tertiary alicyclic amines) is 1. The van der Waals surface area contributed by atoms with Gasteiger partial charge in [0.25, 0.3) is 5.91 Å². The van der Waals surface area contributed by atoms with Gasteiger partial charge in [-0.1, -0.05) is 26.0 Å². The van der Waals surface area contributed by atoms with E-state index in [0.717, 1.165) is 43.3 Å². The summed E-state index contributed by atoms with van der Waals surface area (Å²) in [5, 5.41) is 3.44. The fourth-order valence-electron chi connectivity index (χ4n) is 3.27. The molecule has 0 bridgehead atoms. The van der Waals surface area contributed by atoms with E-state index in [1.807, 2.05) is 50.1 Å². The molecule has 1 amide bonds. The lowest BCUT2D eigenvalue weighted by atomic mass is 9.93. The summed E-state index contributed by atoms with van der Waals surface area (Å²) in [5.74, 6) is 1.05. The quantitative estimate of drug-likeness (QED) is 0.660. The lowest BCUT2D eigenvalue weighted by molar-refractivity contribution is 0.0773. The van der Waals surface area contributed by atoms with E-state index in [4.69, 9.17) is 0 Å². The Hall–Kier alpha value is -2.04. The van der Waals surface area contributed by atoms with Crippen molar-refractivity contribution in [1.82, 2.24) is 15.1 Å². The third-order valence-electron chi connectivity index (χ3n) is 4.89. The third kappa shape index (κ3) is 4.97. The summed E-state index contributed by atoms with van der Waals surface area (Å²) in [6.45, 7) is 12.9. The minimum atomic E-state index is 0.0969. The molecular formula is C20H32N4O. The van der Waals surface area contributed by atoms with Crippen LogP contribution in [0.15, 0.2) is 29.3 Å². The van der Waals surface area contributed by atoms with Crippen LogP contribution in [0.3, 0.4) is 0 Å². The maximum atomic E-state index is 12.4. The molecule has 25 heavy (non-hydrogen) atoms. The topological polar surface area (TPSA) is 47.9 Å². The van der Waals surface area contributed by atoms with Crippen LogP contribution in [-0.4, -0.2) is 54.9 Å². The molecule has 0 aliphatic carbocycles. The number of aliphatic imine (C=N–C) groups is 1. The molecule has 0 saturated carbocycles. The Labute approximate surface area is 152 Å². The first-order valence-corrected chi connectivity index (χ1v) is 9.24. The highest BCUT2D eigenvalue weighted by molar-refractivity contribution is 5.94. The summed E-state index contributed by atoms with van der Waals surface area (Å²) in [6.07, 6.45) is 1.19. The van der Waals surface area contributed by atoms with Gasteiger partial charge in [-0.25, -0.2) is 0 Å². The van der Waals surface area contributed by atoms with E-state index in [1.54, 1.807) is 0 Å². The van der Waals surface area contributed by atoms with Crippen LogP contribution in [-0.2, 0) is 6.54 Å². The molecule has 1 aliphatic heterocycles. The second-order valence-corrected chi connectivity index (χ2v) is 7.41. The highest BCUT2D eigenvalue weighted by Crippen LogP contribution is 2.28. The van der Waals surface area contributed by atoms with E-state index in [0.29, 0.717) is 12.0 Å². The second kappa shape index (κ2) is 8.37. The summed E-state index contributed by atoms with van der Waals surface area (Å²) in [6, 6.07) is 7.87. The zero-order chi connectivity index (χ0) is 18.4. The van der Waals surface area contributed by atoms with E-state index in [-0.39, 0.29) is 5.91 Å². The number of hydrogen-bond donors (Lipinski definition) is 1. The van der Waals surface area contributed by atoms with Gasteiger partial charge in [-0.15, -0.1) is 0 Å². The molecule has 0 aromatic heterocycles. The van der Waals surface area contributed by atoms with Crippen molar-refractivity contribution >= 4 is 11.9 Å². The van der Waals surface area contributed by atoms with Crippen molar-refractivity contribution in [3.63, 3.8) is 0 Å². The first-order chi connectivity index (χ1) is 11.9. The van der Waals surface area contributed by atoms with Gasteiger partial charge in [0.05, 0.1) is 0 Å². The molecule has 5 heteroatoms. The molecule has 1 fully saturated rings. The highest BCUT2D eigenvalue weighted by atomic mass is 16.2. The molecule has 1 aromatic carbocycles. The van der Waals surface area contributed by atoms with Crippen LogP contribution in [0.2, 0.25) is 0 Å². The molecule has 0 atom stereocenters. The number of carbonyl (C=O) groups is 1. The first-order valence-electron chi connectivity index (χ1n) is 9.24. The van der Waals surface area contributed by atoms with Crippen LogP contribution in [0.1, 0.15) is 50.0 Å². The van der Waals surface area contributed by atoms with Gasteiger partial charge in [0, 0.05) is 45.3 Å². The van der Waals surface area contributed by atoms with E-state index >= 15 is 0 Å². The van der Waals surface area contributed by atoms with Crippen LogP contribution in [0.4, 0.5) is 0 Å². The summed E-state index contributed by atoms with van der Waals surface area (Å²) >= 11 is 0. The van der Waals surface area contributed by atoms with Gasteiger partial charge in [-0.05, 0) is 43.4 Å². The fourth-order valence-corrected chi connectivity index (χ4v) is 3.27. The van der Waals surface area contributed by atoms with Crippen LogP contribution < -0.4 is 5.32 Å². The van der Waals surface area contributed by atoms with Crippen molar-refractivity contribution in [3.8, 4) is 0 Å². The third-order valence-corrected chi connectivity index (χ3v) is 4.89. The first kappa shape index (κ1) is 19.3. The SMILES string of the molecule is CCN(CC)C(=O)c1ccc(CNC(=NC)N2CCC(C)(C)C2)cc1. The Kier molecular flexibility index (Phi) is 6.45. The maximum Gasteiger partial charge on any atom is 0.253 e. The molecular weight excluding hydrogens is 312 g/mol. The van der Waals surface area contributed by atoms with Crippen molar-refractivity contribution < 1.29 is 4.79 Å². The summed E-state index contributed by atoms with van der Waals surface area (Å²) in [4.78, 5) is 20.9. The molecule has 5 nitrogen and oxygen atoms in total. The standard InChI is InChI=1S/C20H32N4O/c1-6-23(7-2)18(25)17-10-8-16(9-11-17)14-22-19(21-5)24-13-12-20(3,4)15-24/h8-11H,6-7,12-15H2,1-5H3,(H,21,22). The second-order valence-electron chi connectivity index (χ2n) is 7.41. The smallest absolute Gasteiger partial charge is 0.253 e. The Balaban J connectivity index is 1.94. The minimum Gasteiger partial charge on any atom is -0.352 e. The number of carbonyl (C=O) groups excluding carboxylic acids is 1. The Bertz CT molecular complexity index is 603. The average Bonchev–Trinajstić information content (AvgIpc) is 2.97. The van der Waals surface area contributed by atoms with Crippen molar-refractivity contribution in [3.05, 3.63) is 35.4 Å². The number of amides is 1. The van der Waals surface area contributed by atoms with Crippen LogP contribution in [0.5, 0.6) is 0 Å². The molecule has 1 aromatic rings. The van der Waals surface area contributed by atoms with Crippen molar-refractivity contribution in [1.29, 1.82) is 0 Å². The maximum absolute atomic E-state index is 12.4. The molecule has 1 saturated heterocycles. The van der Waals surface area contributed by atoms with E-state index < -0.39 is 0 Å². The van der Waals surface area contributed by atoms with Gasteiger partial charge < -0.3 is 15.1 Å². The van der Waals surface area contributed by atoms with Crippen LogP contribution in [0.25, 0.3) is 0 Å². The van der Waals surface area contributed by atoms with E-state index in [1.165, 1.54) is 6.42 Å². The number of nitrogens with zero attached hydrogens (tertiary/aromatic N) is 3. The lowest BCUT2D eigenvalue weighted by Gasteiger charge is -2.23. The van der Waals surface area contributed by atoms with Crippen molar-refractivity contribution in [2.45, 2.75) is 40.7 Å². The normalized spacial score (nSPS) is 16.8. The summed E-state index contributed by atoms with van der Waals surface area (Å²) < 4.78 is 0. The number of hydrogen-bond acceptors (Lipinski definition) is 2. The zero-order valence-electron chi connectivity index (χ0n) is 16.3. The predicted octanol–water partition coefficient (Wildman–Crippen LogP) is 2.98. The molecule has 1 heterocycles.